The second kappa shape index (κ2) is 5.62. The molecule has 1 saturated heterocycles. The highest BCUT2D eigenvalue weighted by atomic mass is 16.7. The molecule has 7 heteroatoms. The number of hydroxylamine groups is 2. The van der Waals surface area contributed by atoms with Gasteiger partial charge in [-0.25, -0.2) is 0 Å². The van der Waals surface area contributed by atoms with Gasteiger partial charge in [-0.05, 0) is 19.1 Å². The Hall–Kier alpha value is -1.54. The summed E-state index contributed by atoms with van der Waals surface area (Å²) in [6.07, 6.45) is 1.70. The van der Waals surface area contributed by atoms with Crippen LogP contribution in [0.1, 0.15) is 18.5 Å². The molecule has 1 N–H and O–H groups in total. The van der Waals surface area contributed by atoms with Gasteiger partial charge in [0.2, 0.25) is 0 Å². The fourth-order valence-electron chi connectivity index (χ4n) is 2.21. The molecule has 0 aliphatic carbocycles. The molecule has 0 radical (unpaired) electrons. The van der Waals surface area contributed by atoms with Gasteiger partial charge in [-0.2, -0.15) is 9.55 Å². The van der Waals surface area contributed by atoms with Crippen molar-refractivity contribution < 1.29 is 19.4 Å². The first-order valence-corrected chi connectivity index (χ1v) is 6.13. The number of quaternary nitrogens is 1. The molecule has 0 spiro atoms. The number of hydrogen-bond donors (Lipinski definition) is 1. The van der Waals surface area contributed by atoms with Crippen LogP contribution < -0.4 is 0 Å². The molecular weight excluding hydrogens is 250 g/mol. The Morgan fingerprint density at radius 1 is 1.58 bits per heavy atom. The lowest BCUT2D eigenvalue weighted by molar-refractivity contribution is -0.956. The second-order valence-electron chi connectivity index (χ2n) is 4.43. The third-order valence-corrected chi connectivity index (χ3v) is 3.37. The monoisotopic (exact) mass is 267 g/mol. The number of ether oxygens (including phenoxy) is 1. The van der Waals surface area contributed by atoms with E-state index in [1.165, 1.54) is 11.2 Å². The molecule has 0 aromatic carbocycles. The van der Waals surface area contributed by atoms with Crippen molar-refractivity contribution in [1.82, 2.24) is 9.99 Å². The van der Waals surface area contributed by atoms with Crippen molar-refractivity contribution in [1.29, 1.82) is 0 Å². The van der Waals surface area contributed by atoms with Crippen LogP contribution in [-0.4, -0.2) is 52.3 Å². The molecule has 1 aliphatic rings. The van der Waals surface area contributed by atoms with Crippen LogP contribution in [0.3, 0.4) is 0 Å². The van der Waals surface area contributed by atoms with Gasteiger partial charge in [-0.1, -0.05) is 0 Å². The molecule has 2 heterocycles. The van der Waals surface area contributed by atoms with Gasteiger partial charge in [-0.3, -0.25) is 4.98 Å². The highest BCUT2D eigenvalue weighted by molar-refractivity contribution is 5.57. The number of pyridine rings is 1. The van der Waals surface area contributed by atoms with Crippen molar-refractivity contribution in [2.24, 2.45) is 0 Å². The summed E-state index contributed by atoms with van der Waals surface area (Å²) in [5.41, 5.74) is 0.603. The van der Waals surface area contributed by atoms with Gasteiger partial charge in [0.15, 0.2) is 0 Å². The van der Waals surface area contributed by atoms with Crippen LogP contribution in [0.25, 0.3) is 0 Å². The lowest BCUT2D eigenvalue weighted by Gasteiger charge is -2.48. The smallest absolute Gasteiger partial charge is 0.534 e. The van der Waals surface area contributed by atoms with Crippen LogP contribution in [0.2, 0.25) is 0 Å². The average Bonchev–Trinajstić information content (AvgIpc) is 2.47. The summed E-state index contributed by atoms with van der Waals surface area (Å²) >= 11 is 0. The summed E-state index contributed by atoms with van der Waals surface area (Å²) < 4.78 is 3.74. The Morgan fingerprint density at radius 2 is 2.26 bits per heavy atom. The van der Waals surface area contributed by atoms with Crippen LogP contribution in [0.15, 0.2) is 24.5 Å². The molecule has 0 saturated carbocycles. The molecule has 1 fully saturated rings. The maximum absolute atomic E-state index is 12.8. The van der Waals surface area contributed by atoms with E-state index in [0.29, 0.717) is 31.9 Å². The largest absolute Gasteiger partial charge is 0.601 e. The van der Waals surface area contributed by atoms with E-state index in [-0.39, 0.29) is 0 Å². The van der Waals surface area contributed by atoms with E-state index in [9.17, 15) is 15.1 Å². The van der Waals surface area contributed by atoms with Crippen LogP contribution in [0, 0.1) is 5.21 Å². The molecule has 7 nitrogen and oxygen atoms in total. The zero-order chi connectivity index (χ0) is 13.9. The fraction of sp³-hybridized carbons (Fsp3) is 0.500. The summed E-state index contributed by atoms with van der Waals surface area (Å²) in [4.78, 5) is 15.4. The van der Waals surface area contributed by atoms with E-state index in [0.717, 1.165) is 0 Å². The second-order valence-corrected chi connectivity index (χ2v) is 4.43. The average molecular weight is 267 g/mol. The highest BCUT2D eigenvalue weighted by Crippen LogP contribution is 2.30. The zero-order valence-corrected chi connectivity index (χ0v) is 10.7. The third-order valence-electron chi connectivity index (χ3n) is 3.37. The predicted molar refractivity (Wildman–Crippen MR) is 66.7 cm³/mol. The molecule has 1 aromatic rings. The lowest BCUT2D eigenvalue weighted by atomic mass is 10.1. The van der Waals surface area contributed by atoms with E-state index in [1.807, 2.05) is 0 Å². The molecule has 19 heavy (non-hydrogen) atoms. The minimum absolute atomic E-state index is 0.306. The van der Waals surface area contributed by atoms with Gasteiger partial charge < -0.3 is 15.1 Å². The molecule has 1 aliphatic heterocycles. The third kappa shape index (κ3) is 2.59. The number of hydrogen-bond acceptors (Lipinski definition) is 5. The number of rotatable bonds is 3. The highest BCUT2D eigenvalue weighted by Gasteiger charge is 2.42. The summed E-state index contributed by atoms with van der Waals surface area (Å²) in [5, 5.41) is 23.6. The minimum atomic E-state index is -1.42. The number of amides is 1. The van der Waals surface area contributed by atoms with E-state index in [1.54, 1.807) is 25.3 Å². The number of morpholine rings is 1. The Kier molecular flexibility index (Phi) is 4.11. The van der Waals surface area contributed by atoms with Crippen molar-refractivity contribution in [3.05, 3.63) is 35.3 Å². The van der Waals surface area contributed by atoms with Crippen molar-refractivity contribution in [2.75, 3.05) is 26.3 Å². The standard InChI is InChI=1S/C12H17N3O4/c1-10(11-3-2-4-13-9-11)15(18,12(16)17)14-5-7-19-8-6-14/h2-4,9-10H,5-8H2,1H3,(H,16,17). The molecule has 104 valence electrons. The maximum atomic E-state index is 12.8. The van der Waals surface area contributed by atoms with Crippen molar-refractivity contribution in [3.63, 3.8) is 0 Å². The van der Waals surface area contributed by atoms with Crippen LogP contribution >= 0.6 is 0 Å². The number of nitrogens with zero attached hydrogens (tertiary/aromatic N) is 3. The first kappa shape index (κ1) is 13.9. The minimum Gasteiger partial charge on any atom is -0.601 e. The van der Waals surface area contributed by atoms with E-state index >= 15 is 0 Å². The zero-order valence-electron chi connectivity index (χ0n) is 10.7. The molecule has 2 atom stereocenters. The molecule has 1 amide bonds. The van der Waals surface area contributed by atoms with Gasteiger partial charge in [0.25, 0.3) is 0 Å². The fourth-order valence-corrected chi connectivity index (χ4v) is 2.21. The molecular formula is C12H17N3O4. The van der Waals surface area contributed by atoms with E-state index in [4.69, 9.17) is 4.74 Å². The summed E-state index contributed by atoms with van der Waals surface area (Å²) in [5.74, 6) is 0. The topological polar surface area (TPSA) is 85.7 Å². The normalized spacial score (nSPS) is 21.6. The molecule has 1 aromatic heterocycles. The molecule has 2 unspecified atom stereocenters. The first-order chi connectivity index (χ1) is 9.06. The van der Waals surface area contributed by atoms with Gasteiger partial charge >= 0.3 is 6.09 Å². The van der Waals surface area contributed by atoms with Crippen molar-refractivity contribution in [3.8, 4) is 0 Å². The van der Waals surface area contributed by atoms with Crippen LogP contribution in [0.4, 0.5) is 4.79 Å². The van der Waals surface area contributed by atoms with E-state index in [2.05, 4.69) is 4.98 Å². The van der Waals surface area contributed by atoms with Crippen molar-refractivity contribution >= 4 is 6.09 Å². The summed E-state index contributed by atoms with van der Waals surface area (Å²) in [6, 6.07) is 2.65. The quantitative estimate of drug-likeness (QED) is 0.657. The van der Waals surface area contributed by atoms with Crippen molar-refractivity contribution in [2.45, 2.75) is 13.0 Å². The van der Waals surface area contributed by atoms with E-state index < -0.39 is 16.9 Å². The Labute approximate surface area is 111 Å². The Balaban J connectivity index is 2.30. The van der Waals surface area contributed by atoms with Crippen LogP contribution in [-0.2, 0) is 4.74 Å². The van der Waals surface area contributed by atoms with Gasteiger partial charge in [0.1, 0.15) is 6.04 Å². The van der Waals surface area contributed by atoms with Gasteiger partial charge in [-0.15, -0.1) is 5.01 Å². The Morgan fingerprint density at radius 3 is 2.79 bits per heavy atom. The maximum Gasteiger partial charge on any atom is 0.534 e. The predicted octanol–water partition coefficient (Wildman–Crippen LogP) is 1.38. The summed E-state index contributed by atoms with van der Waals surface area (Å²) in [7, 11) is 0. The number of aromatic nitrogens is 1. The number of carbonyl (C=O) groups is 1. The van der Waals surface area contributed by atoms with Gasteiger partial charge in [0.05, 0.1) is 26.3 Å². The summed E-state index contributed by atoms with van der Waals surface area (Å²) in [6.45, 7) is 2.96. The lowest BCUT2D eigenvalue weighted by Crippen LogP contribution is -2.63. The van der Waals surface area contributed by atoms with Crippen LogP contribution in [0.5, 0.6) is 0 Å². The molecule has 2 rings (SSSR count). The SMILES string of the molecule is CC(c1cccnc1)[N+]([O-])(C(=O)O)N1CCOCC1. The first-order valence-electron chi connectivity index (χ1n) is 6.13. The Bertz CT molecular complexity index is 436. The van der Waals surface area contributed by atoms with Gasteiger partial charge in [0, 0.05) is 18.0 Å². The number of carboxylic acid groups (broad SMARTS) is 1. The molecule has 0 bridgehead atoms.